The fourth-order valence-electron chi connectivity index (χ4n) is 3.03. The standard InChI is InChI=1S/C21H29ClNO4PS/c1-21(23,13-14-28(25,26)27)12-11-18-9-10-20(29-18)19(24)8-3-2-5-16-6-4-7-17(22)15-16/h4,6-7,9-10,15H,2-3,5,8,11-14,23H2,1H3,(H2,25,26,27). The van der Waals surface area contributed by atoms with Crippen LogP contribution < -0.4 is 5.73 Å². The molecule has 0 amide bonds. The molecule has 0 saturated heterocycles. The highest BCUT2D eigenvalue weighted by atomic mass is 35.5. The van der Waals surface area contributed by atoms with Crippen molar-refractivity contribution in [1.29, 1.82) is 0 Å². The molecule has 0 bridgehead atoms. The minimum Gasteiger partial charge on any atom is -0.325 e. The molecule has 1 unspecified atom stereocenters. The zero-order chi connectivity index (χ0) is 21.5. The van der Waals surface area contributed by atoms with Crippen LogP contribution in [0.15, 0.2) is 36.4 Å². The summed E-state index contributed by atoms with van der Waals surface area (Å²) in [6.45, 7) is 1.81. The molecule has 2 aromatic rings. The van der Waals surface area contributed by atoms with Gasteiger partial charge in [0.1, 0.15) is 0 Å². The first kappa shape index (κ1) is 24.3. The zero-order valence-corrected chi connectivity index (χ0v) is 19.1. The van der Waals surface area contributed by atoms with E-state index in [9.17, 15) is 9.36 Å². The van der Waals surface area contributed by atoms with Crippen LogP contribution in [0.1, 0.15) is 59.1 Å². The normalized spacial score (nSPS) is 14.0. The van der Waals surface area contributed by atoms with Crippen molar-refractivity contribution < 1.29 is 19.1 Å². The highest BCUT2D eigenvalue weighted by molar-refractivity contribution is 7.51. The van der Waals surface area contributed by atoms with Crippen molar-refractivity contribution in [3.05, 3.63) is 56.7 Å². The number of hydrogen-bond donors (Lipinski definition) is 3. The van der Waals surface area contributed by atoms with E-state index in [-0.39, 0.29) is 18.4 Å². The van der Waals surface area contributed by atoms with Crippen molar-refractivity contribution in [2.45, 2.75) is 57.4 Å². The Morgan fingerprint density at radius 1 is 1.17 bits per heavy atom. The van der Waals surface area contributed by atoms with Gasteiger partial charge in [0.2, 0.25) is 0 Å². The second-order valence-electron chi connectivity index (χ2n) is 7.82. The number of rotatable bonds is 12. The van der Waals surface area contributed by atoms with Gasteiger partial charge in [-0.3, -0.25) is 9.36 Å². The van der Waals surface area contributed by atoms with Crippen molar-refractivity contribution >= 4 is 36.3 Å². The van der Waals surface area contributed by atoms with E-state index in [4.69, 9.17) is 27.1 Å². The largest absolute Gasteiger partial charge is 0.325 e. The van der Waals surface area contributed by atoms with Gasteiger partial charge in [-0.25, -0.2) is 0 Å². The van der Waals surface area contributed by atoms with E-state index in [0.29, 0.717) is 19.3 Å². The molecular formula is C21H29ClNO4PS. The Morgan fingerprint density at radius 3 is 2.62 bits per heavy atom. The van der Waals surface area contributed by atoms with Crippen molar-refractivity contribution in [2.75, 3.05) is 6.16 Å². The number of nitrogens with two attached hydrogens (primary N) is 1. The molecule has 0 aliphatic rings. The summed E-state index contributed by atoms with van der Waals surface area (Å²) < 4.78 is 11.0. The van der Waals surface area contributed by atoms with Crippen LogP contribution in [0.25, 0.3) is 0 Å². The van der Waals surface area contributed by atoms with Crippen LogP contribution in [0.5, 0.6) is 0 Å². The molecule has 1 heterocycles. The second-order valence-corrected chi connectivity index (χ2v) is 11.2. The Labute approximate surface area is 181 Å². The third kappa shape index (κ3) is 9.56. The molecule has 0 saturated carbocycles. The number of halogens is 1. The fourth-order valence-corrected chi connectivity index (χ4v) is 5.02. The maximum absolute atomic E-state index is 12.4. The number of aryl methyl sites for hydroxylation is 2. The monoisotopic (exact) mass is 457 g/mol. The lowest BCUT2D eigenvalue weighted by molar-refractivity contribution is 0.0983. The van der Waals surface area contributed by atoms with Gasteiger partial charge in [0.25, 0.3) is 0 Å². The van der Waals surface area contributed by atoms with Crippen LogP contribution >= 0.6 is 30.5 Å². The van der Waals surface area contributed by atoms with E-state index in [1.807, 2.05) is 43.3 Å². The lowest BCUT2D eigenvalue weighted by atomic mass is 9.94. The number of carbonyl (C=O) groups excluding carboxylic acids is 1. The van der Waals surface area contributed by atoms with Gasteiger partial charge in [-0.2, -0.15) is 0 Å². The molecule has 160 valence electrons. The Morgan fingerprint density at radius 2 is 1.93 bits per heavy atom. The van der Waals surface area contributed by atoms with E-state index < -0.39 is 13.1 Å². The van der Waals surface area contributed by atoms with Crippen LogP contribution in [-0.4, -0.2) is 27.3 Å². The third-order valence-corrected chi connectivity index (χ3v) is 7.09. The fraction of sp³-hybridized carbons (Fsp3) is 0.476. The first-order valence-electron chi connectivity index (χ1n) is 9.74. The quantitative estimate of drug-likeness (QED) is 0.230. The van der Waals surface area contributed by atoms with Crippen LogP contribution in [0.3, 0.4) is 0 Å². The molecule has 0 aliphatic carbocycles. The minimum atomic E-state index is -4.03. The minimum absolute atomic E-state index is 0.157. The van der Waals surface area contributed by atoms with Gasteiger partial charge < -0.3 is 15.5 Å². The summed E-state index contributed by atoms with van der Waals surface area (Å²) >= 11 is 7.47. The van der Waals surface area contributed by atoms with Gasteiger partial charge in [-0.15, -0.1) is 11.3 Å². The zero-order valence-electron chi connectivity index (χ0n) is 16.6. The van der Waals surface area contributed by atoms with E-state index in [1.165, 1.54) is 16.9 Å². The van der Waals surface area contributed by atoms with Crippen LogP contribution in [0, 0.1) is 0 Å². The molecular weight excluding hydrogens is 429 g/mol. The maximum atomic E-state index is 12.4. The summed E-state index contributed by atoms with van der Waals surface area (Å²) in [5, 5.41) is 0.736. The lowest BCUT2D eigenvalue weighted by Gasteiger charge is -2.24. The molecule has 5 nitrogen and oxygen atoms in total. The summed E-state index contributed by atoms with van der Waals surface area (Å²) in [6.07, 6.45) is 4.58. The molecule has 4 N–H and O–H groups in total. The molecule has 1 atom stereocenters. The summed E-state index contributed by atoms with van der Waals surface area (Å²) in [5.41, 5.74) is 6.71. The van der Waals surface area contributed by atoms with E-state index in [1.54, 1.807) is 0 Å². The average Bonchev–Trinajstić information content (AvgIpc) is 3.11. The Balaban J connectivity index is 1.74. The van der Waals surface area contributed by atoms with Crippen LogP contribution in [0.2, 0.25) is 5.02 Å². The van der Waals surface area contributed by atoms with Gasteiger partial charge in [0.15, 0.2) is 5.78 Å². The van der Waals surface area contributed by atoms with Crippen molar-refractivity contribution in [3.63, 3.8) is 0 Å². The first-order valence-corrected chi connectivity index (χ1v) is 12.7. The number of carbonyl (C=O) groups is 1. The SMILES string of the molecule is CC(N)(CCc1ccc(C(=O)CCCCc2cccc(Cl)c2)s1)CCP(=O)(O)O. The second kappa shape index (κ2) is 10.9. The van der Waals surface area contributed by atoms with Crippen molar-refractivity contribution in [3.8, 4) is 0 Å². The predicted molar refractivity (Wildman–Crippen MR) is 120 cm³/mol. The molecule has 1 aromatic heterocycles. The number of benzene rings is 1. The first-order chi connectivity index (χ1) is 13.5. The van der Waals surface area contributed by atoms with E-state index in [2.05, 4.69) is 0 Å². The van der Waals surface area contributed by atoms with Crippen molar-refractivity contribution in [1.82, 2.24) is 0 Å². The molecule has 0 spiro atoms. The van der Waals surface area contributed by atoms with Crippen LogP contribution in [-0.2, 0) is 17.4 Å². The molecule has 0 fully saturated rings. The van der Waals surface area contributed by atoms with Gasteiger partial charge in [-0.05, 0) is 75.3 Å². The molecule has 2 rings (SSSR count). The lowest BCUT2D eigenvalue weighted by Crippen LogP contribution is -2.37. The van der Waals surface area contributed by atoms with Crippen molar-refractivity contribution in [2.24, 2.45) is 5.73 Å². The average molecular weight is 458 g/mol. The van der Waals surface area contributed by atoms with Gasteiger partial charge in [0, 0.05) is 21.9 Å². The molecule has 8 heteroatoms. The highest BCUT2D eigenvalue weighted by Crippen LogP contribution is 2.37. The Hall–Kier alpha value is -1.01. The molecule has 1 aromatic carbocycles. The van der Waals surface area contributed by atoms with Gasteiger partial charge >= 0.3 is 7.60 Å². The molecule has 29 heavy (non-hydrogen) atoms. The summed E-state index contributed by atoms with van der Waals surface area (Å²) in [6, 6.07) is 11.6. The number of unbranched alkanes of at least 4 members (excludes halogenated alkanes) is 1. The Kier molecular flexibility index (Phi) is 9.08. The van der Waals surface area contributed by atoms with Gasteiger partial charge in [-0.1, -0.05) is 23.7 Å². The number of thiophene rings is 1. The number of ketones is 1. The highest BCUT2D eigenvalue weighted by Gasteiger charge is 2.24. The molecule has 0 radical (unpaired) electrons. The molecule has 0 aliphatic heterocycles. The van der Waals surface area contributed by atoms with Crippen LogP contribution in [0.4, 0.5) is 0 Å². The number of Topliss-reactive ketones (excluding diaryl/α,β-unsaturated/α-hetero) is 1. The van der Waals surface area contributed by atoms with Gasteiger partial charge in [0.05, 0.1) is 11.0 Å². The topological polar surface area (TPSA) is 101 Å². The van der Waals surface area contributed by atoms with E-state index in [0.717, 1.165) is 34.0 Å². The summed E-state index contributed by atoms with van der Waals surface area (Å²) in [5.74, 6) is 0.157. The summed E-state index contributed by atoms with van der Waals surface area (Å²) in [7, 11) is -4.03. The smallest absolute Gasteiger partial charge is 0.325 e. The predicted octanol–water partition coefficient (Wildman–Crippen LogP) is 5.22. The number of hydrogen-bond acceptors (Lipinski definition) is 4. The van der Waals surface area contributed by atoms with E-state index >= 15 is 0 Å². The summed E-state index contributed by atoms with van der Waals surface area (Å²) in [4.78, 5) is 32.3. The Bertz CT molecular complexity index is 862. The third-order valence-electron chi connectivity index (χ3n) is 4.86. The maximum Gasteiger partial charge on any atom is 0.325 e.